The molecule has 3 aromatic heterocycles. The van der Waals surface area contributed by atoms with E-state index in [-0.39, 0.29) is 29.6 Å². The lowest BCUT2D eigenvalue weighted by Crippen LogP contribution is -2.26. The Kier molecular flexibility index (Phi) is 5.50. The van der Waals surface area contributed by atoms with Crippen LogP contribution in [0, 0.1) is 12.7 Å². The molecule has 0 saturated heterocycles. The SMILES string of the molecule is Cc1cc(F)ccc1-n1c(SCC(=O)NCc2ccco2)nc2ccsc2c1=O. The molecule has 4 rings (SSSR count). The molecule has 4 aromatic rings. The van der Waals surface area contributed by atoms with Crippen molar-refractivity contribution in [1.82, 2.24) is 14.9 Å². The van der Waals surface area contributed by atoms with Gasteiger partial charge in [-0.1, -0.05) is 11.8 Å². The summed E-state index contributed by atoms with van der Waals surface area (Å²) in [6.07, 6.45) is 1.54. The van der Waals surface area contributed by atoms with Crippen LogP contribution in [0.5, 0.6) is 0 Å². The van der Waals surface area contributed by atoms with Gasteiger partial charge in [0.25, 0.3) is 5.56 Å². The van der Waals surface area contributed by atoms with E-state index in [0.717, 1.165) is 11.8 Å². The maximum atomic E-state index is 13.6. The Morgan fingerprint density at radius 1 is 1.34 bits per heavy atom. The molecule has 148 valence electrons. The number of hydrogen-bond acceptors (Lipinski definition) is 6. The molecule has 1 aromatic carbocycles. The van der Waals surface area contributed by atoms with Crippen LogP contribution in [0.25, 0.3) is 15.9 Å². The number of thioether (sulfide) groups is 1. The fourth-order valence-corrected chi connectivity index (χ4v) is 4.45. The number of furan rings is 1. The first kappa shape index (κ1) is 19.4. The zero-order valence-corrected chi connectivity index (χ0v) is 17.0. The van der Waals surface area contributed by atoms with Crippen molar-refractivity contribution >= 4 is 39.2 Å². The van der Waals surface area contributed by atoms with Crippen LogP contribution in [-0.4, -0.2) is 21.2 Å². The maximum Gasteiger partial charge on any atom is 0.276 e. The summed E-state index contributed by atoms with van der Waals surface area (Å²) < 4.78 is 20.7. The van der Waals surface area contributed by atoms with Gasteiger partial charge in [-0.2, -0.15) is 0 Å². The summed E-state index contributed by atoms with van der Waals surface area (Å²) in [7, 11) is 0. The molecule has 0 saturated carbocycles. The molecule has 0 fully saturated rings. The highest BCUT2D eigenvalue weighted by Crippen LogP contribution is 2.25. The average Bonchev–Trinajstić information content (AvgIpc) is 3.37. The number of nitrogens with one attached hydrogen (secondary N) is 1. The molecule has 0 radical (unpaired) electrons. The Balaban J connectivity index is 1.64. The highest BCUT2D eigenvalue weighted by molar-refractivity contribution is 7.99. The topological polar surface area (TPSA) is 77.1 Å². The van der Waals surface area contributed by atoms with Gasteiger partial charge >= 0.3 is 0 Å². The molecule has 0 aliphatic carbocycles. The molecule has 0 atom stereocenters. The predicted molar refractivity (Wildman–Crippen MR) is 111 cm³/mol. The molecule has 6 nitrogen and oxygen atoms in total. The lowest BCUT2D eigenvalue weighted by atomic mass is 10.2. The van der Waals surface area contributed by atoms with Crippen LogP contribution in [0.3, 0.4) is 0 Å². The second-order valence-electron chi connectivity index (χ2n) is 6.25. The van der Waals surface area contributed by atoms with Gasteiger partial charge in [0.1, 0.15) is 16.3 Å². The fraction of sp³-hybridized carbons (Fsp3) is 0.150. The maximum absolute atomic E-state index is 13.6. The highest BCUT2D eigenvalue weighted by atomic mass is 32.2. The van der Waals surface area contributed by atoms with Gasteiger partial charge in [0.05, 0.1) is 29.8 Å². The van der Waals surface area contributed by atoms with E-state index in [2.05, 4.69) is 10.3 Å². The van der Waals surface area contributed by atoms with E-state index < -0.39 is 0 Å². The van der Waals surface area contributed by atoms with Crippen LogP contribution in [0.2, 0.25) is 0 Å². The second-order valence-corrected chi connectivity index (χ2v) is 8.10. The van der Waals surface area contributed by atoms with Crippen LogP contribution in [-0.2, 0) is 11.3 Å². The highest BCUT2D eigenvalue weighted by Gasteiger charge is 2.17. The monoisotopic (exact) mass is 429 g/mol. The van der Waals surface area contributed by atoms with Gasteiger partial charge in [0.2, 0.25) is 5.91 Å². The van der Waals surface area contributed by atoms with Gasteiger partial charge in [-0.05, 0) is 54.3 Å². The standard InChI is InChI=1S/C20H16FN3O3S2/c1-12-9-13(21)4-5-16(12)24-19(26)18-15(6-8-28-18)23-20(24)29-11-17(25)22-10-14-3-2-7-27-14/h2-9H,10-11H2,1H3,(H,22,25). The molecule has 9 heteroatoms. The normalized spacial score (nSPS) is 11.1. The summed E-state index contributed by atoms with van der Waals surface area (Å²) in [4.78, 5) is 29.9. The zero-order chi connectivity index (χ0) is 20.4. The van der Waals surface area contributed by atoms with E-state index >= 15 is 0 Å². The van der Waals surface area contributed by atoms with Crippen LogP contribution in [0.1, 0.15) is 11.3 Å². The third-order valence-corrected chi connectivity index (χ3v) is 6.05. The first-order valence-corrected chi connectivity index (χ1v) is 10.6. The van der Waals surface area contributed by atoms with E-state index in [1.807, 2.05) is 0 Å². The minimum atomic E-state index is -0.379. The quantitative estimate of drug-likeness (QED) is 0.372. The molecule has 0 unspecified atom stereocenters. The van der Waals surface area contributed by atoms with Crippen molar-refractivity contribution in [2.24, 2.45) is 0 Å². The number of fused-ring (bicyclic) bond motifs is 1. The lowest BCUT2D eigenvalue weighted by molar-refractivity contribution is -0.118. The van der Waals surface area contributed by atoms with Crippen molar-refractivity contribution in [3.63, 3.8) is 0 Å². The summed E-state index contributed by atoms with van der Waals surface area (Å²) in [5, 5.41) is 4.94. The van der Waals surface area contributed by atoms with E-state index in [0.29, 0.717) is 32.4 Å². The number of rotatable bonds is 6. The molecular weight excluding hydrogens is 413 g/mol. The van der Waals surface area contributed by atoms with Crippen LogP contribution in [0.4, 0.5) is 4.39 Å². The van der Waals surface area contributed by atoms with Crippen LogP contribution in [0.15, 0.2) is 62.4 Å². The van der Waals surface area contributed by atoms with Crippen molar-refractivity contribution in [1.29, 1.82) is 0 Å². The molecule has 0 spiro atoms. The van der Waals surface area contributed by atoms with Crippen LogP contribution >= 0.6 is 23.1 Å². The van der Waals surface area contributed by atoms with Crippen molar-refractivity contribution in [3.8, 4) is 5.69 Å². The number of aryl methyl sites for hydroxylation is 1. The van der Waals surface area contributed by atoms with E-state index in [1.54, 1.807) is 42.8 Å². The molecule has 0 bridgehead atoms. The number of carbonyl (C=O) groups is 1. The Morgan fingerprint density at radius 3 is 2.97 bits per heavy atom. The van der Waals surface area contributed by atoms with Crippen molar-refractivity contribution in [2.75, 3.05) is 5.75 Å². The first-order chi connectivity index (χ1) is 14.0. The Morgan fingerprint density at radius 2 is 2.21 bits per heavy atom. The number of nitrogens with zero attached hydrogens (tertiary/aromatic N) is 2. The Hall–Kier alpha value is -2.91. The van der Waals surface area contributed by atoms with Gasteiger partial charge in [-0.25, -0.2) is 9.37 Å². The van der Waals surface area contributed by atoms with E-state index in [4.69, 9.17) is 4.42 Å². The Bertz CT molecular complexity index is 1230. The van der Waals surface area contributed by atoms with Gasteiger partial charge in [-0.3, -0.25) is 14.2 Å². The summed E-state index contributed by atoms with van der Waals surface area (Å²) >= 11 is 2.46. The number of amides is 1. The second kappa shape index (κ2) is 8.22. The number of carbonyl (C=O) groups excluding carboxylic acids is 1. The van der Waals surface area contributed by atoms with Gasteiger partial charge in [-0.15, -0.1) is 11.3 Å². The summed E-state index contributed by atoms with van der Waals surface area (Å²) in [6, 6.07) is 9.51. The van der Waals surface area contributed by atoms with Crippen molar-refractivity contribution < 1.29 is 13.6 Å². The molecule has 3 heterocycles. The fourth-order valence-electron chi connectivity index (χ4n) is 2.85. The molecule has 29 heavy (non-hydrogen) atoms. The van der Waals surface area contributed by atoms with Gasteiger partial charge in [0.15, 0.2) is 5.16 Å². The molecular formula is C20H16FN3O3S2. The first-order valence-electron chi connectivity index (χ1n) is 8.71. The molecule has 1 amide bonds. The molecule has 1 N–H and O–H groups in total. The minimum absolute atomic E-state index is 0.0725. The number of halogens is 1. The molecule has 0 aliphatic heterocycles. The van der Waals surface area contributed by atoms with Crippen molar-refractivity contribution in [3.05, 3.63) is 75.5 Å². The summed E-state index contributed by atoms with van der Waals surface area (Å²) in [5.74, 6) is 0.132. The largest absolute Gasteiger partial charge is 0.467 e. The minimum Gasteiger partial charge on any atom is -0.467 e. The number of benzene rings is 1. The van der Waals surface area contributed by atoms with E-state index in [9.17, 15) is 14.0 Å². The number of hydrogen-bond donors (Lipinski definition) is 1. The van der Waals surface area contributed by atoms with Crippen LogP contribution < -0.4 is 10.9 Å². The third-order valence-electron chi connectivity index (χ3n) is 4.22. The number of thiophene rings is 1. The average molecular weight is 429 g/mol. The number of aromatic nitrogens is 2. The predicted octanol–water partition coefficient (Wildman–Crippen LogP) is 3.90. The summed E-state index contributed by atoms with van der Waals surface area (Å²) in [6.45, 7) is 2.02. The van der Waals surface area contributed by atoms with Gasteiger partial charge < -0.3 is 9.73 Å². The Labute approximate surface area is 173 Å². The smallest absolute Gasteiger partial charge is 0.276 e. The lowest BCUT2D eigenvalue weighted by Gasteiger charge is -2.14. The van der Waals surface area contributed by atoms with E-state index in [1.165, 1.54) is 28.0 Å². The zero-order valence-electron chi connectivity index (χ0n) is 15.3. The molecule has 0 aliphatic rings. The summed E-state index contributed by atoms with van der Waals surface area (Å²) in [5.41, 5.74) is 1.49. The third kappa shape index (κ3) is 4.10. The van der Waals surface area contributed by atoms with Gasteiger partial charge in [0, 0.05) is 0 Å². The van der Waals surface area contributed by atoms with Crippen molar-refractivity contribution in [2.45, 2.75) is 18.6 Å².